The first-order chi connectivity index (χ1) is 14.6. The molecule has 0 radical (unpaired) electrons. The topological polar surface area (TPSA) is 50.4 Å². The van der Waals surface area contributed by atoms with Gasteiger partial charge >= 0.3 is 0 Å². The van der Waals surface area contributed by atoms with E-state index in [1.54, 1.807) is 40.7 Å². The van der Waals surface area contributed by atoms with Crippen molar-refractivity contribution in [3.8, 4) is 11.4 Å². The second-order valence-electron chi connectivity index (χ2n) is 7.08. The van der Waals surface area contributed by atoms with E-state index < -0.39 is 0 Å². The Morgan fingerprint density at radius 3 is 2.33 bits per heavy atom. The van der Waals surface area contributed by atoms with Crippen LogP contribution in [0, 0.1) is 12.7 Å². The van der Waals surface area contributed by atoms with E-state index in [-0.39, 0.29) is 16.8 Å². The van der Waals surface area contributed by atoms with Crippen LogP contribution in [0.25, 0.3) is 5.69 Å². The zero-order valence-corrected chi connectivity index (χ0v) is 17.0. The molecular weight excluding hydrogens is 397 g/mol. The number of phenols is 1. The molecule has 6 heteroatoms. The van der Waals surface area contributed by atoms with Crippen LogP contribution in [0.2, 0.25) is 0 Å². The van der Waals surface area contributed by atoms with Crippen LogP contribution in [0.3, 0.4) is 0 Å². The summed E-state index contributed by atoms with van der Waals surface area (Å²) in [5.41, 5.74) is 4.74. The van der Waals surface area contributed by atoms with Gasteiger partial charge in [0.1, 0.15) is 16.6 Å². The summed E-state index contributed by atoms with van der Waals surface area (Å²) < 4.78 is 15.2. The number of hydrogen-bond acceptors (Lipinski definition) is 4. The minimum absolute atomic E-state index is 0.0255. The normalized spacial score (nSPS) is 15.5. The highest BCUT2D eigenvalue weighted by molar-refractivity contribution is 8.14. The lowest BCUT2D eigenvalue weighted by molar-refractivity contribution is 0.475. The number of aromatic nitrogens is 2. The molecule has 30 heavy (non-hydrogen) atoms. The summed E-state index contributed by atoms with van der Waals surface area (Å²) in [6.45, 7) is 1.97. The molecule has 1 atom stereocenters. The number of benzene rings is 3. The molecule has 1 aliphatic rings. The molecule has 1 aliphatic heterocycles. The van der Waals surface area contributed by atoms with Crippen LogP contribution in [0.1, 0.15) is 27.6 Å². The summed E-state index contributed by atoms with van der Waals surface area (Å²) in [7, 11) is 0. The Morgan fingerprint density at radius 1 is 0.933 bits per heavy atom. The Labute approximate surface area is 177 Å². The number of aryl methyl sites for hydroxylation is 1. The van der Waals surface area contributed by atoms with E-state index in [1.165, 1.54) is 12.1 Å². The summed E-state index contributed by atoms with van der Waals surface area (Å²) >= 11 is 1.67. The van der Waals surface area contributed by atoms with E-state index in [0.29, 0.717) is 0 Å². The number of thioether (sulfide) groups is 1. The maximum atomic E-state index is 13.5. The first kappa shape index (κ1) is 18.6. The smallest absolute Gasteiger partial charge is 0.161 e. The Morgan fingerprint density at radius 2 is 1.63 bits per heavy atom. The van der Waals surface area contributed by atoms with E-state index >= 15 is 0 Å². The van der Waals surface area contributed by atoms with Gasteiger partial charge in [-0.25, -0.2) is 14.1 Å². The minimum atomic E-state index is -0.289. The van der Waals surface area contributed by atoms with E-state index in [9.17, 15) is 9.50 Å². The molecule has 1 N–H and O–H groups in total. The van der Waals surface area contributed by atoms with Crippen molar-refractivity contribution in [1.82, 2.24) is 9.78 Å². The van der Waals surface area contributed by atoms with E-state index in [2.05, 4.69) is 0 Å². The molecule has 0 saturated carbocycles. The Bertz CT molecular complexity index is 1230. The largest absolute Gasteiger partial charge is 0.508 e. The summed E-state index contributed by atoms with van der Waals surface area (Å²) in [6.07, 6.45) is 0. The fourth-order valence-corrected chi connectivity index (χ4v) is 4.92. The maximum Gasteiger partial charge on any atom is 0.161 e. The van der Waals surface area contributed by atoms with Gasteiger partial charge < -0.3 is 5.11 Å². The third-order valence-corrected chi connectivity index (χ3v) is 6.36. The molecule has 0 spiro atoms. The Kier molecular flexibility index (Phi) is 4.64. The Hall–Kier alpha value is -3.38. The van der Waals surface area contributed by atoms with E-state index in [4.69, 9.17) is 10.1 Å². The van der Waals surface area contributed by atoms with Crippen LogP contribution >= 0.6 is 11.8 Å². The predicted molar refractivity (Wildman–Crippen MR) is 118 cm³/mol. The molecule has 2 heterocycles. The summed E-state index contributed by atoms with van der Waals surface area (Å²) in [6, 6.07) is 23.6. The predicted octanol–water partition coefficient (Wildman–Crippen LogP) is 5.94. The monoisotopic (exact) mass is 415 g/mol. The van der Waals surface area contributed by atoms with Gasteiger partial charge in [0.15, 0.2) is 5.82 Å². The zero-order chi connectivity index (χ0) is 20.7. The number of fused-ring (bicyclic) bond motifs is 1. The molecule has 0 amide bonds. The number of aromatic hydroxyl groups is 1. The van der Waals surface area contributed by atoms with Crippen molar-refractivity contribution >= 4 is 22.6 Å². The van der Waals surface area contributed by atoms with Crippen molar-refractivity contribution in [2.24, 2.45) is 4.99 Å². The summed E-state index contributed by atoms with van der Waals surface area (Å²) in [5, 5.41) is 15.3. The number of hydrogen-bond donors (Lipinski definition) is 1. The number of nitrogens with zero attached hydrogens (tertiary/aromatic N) is 3. The zero-order valence-electron chi connectivity index (χ0n) is 16.2. The van der Waals surface area contributed by atoms with Gasteiger partial charge in [0, 0.05) is 11.1 Å². The van der Waals surface area contributed by atoms with Crippen LogP contribution in [0.4, 0.5) is 10.2 Å². The van der Waals surface area contributed by atoms with E-state index in [0.717, 1.165) is 38.9 Å². The first-order valence-corrected chi connectivity index (χ1v) is 10.4. The molecule has 0 fully saturated rings. The molecule has 0 bridgehead atoms. The van der Waals surface area contributed by atoms with Gasteiger partial charge in [-0.3, -0.25) is 0 Å². The highest BCUT2D eigenvalue weighted by Gasteiger charge is 2.31. The van der Waals surface area contributed by atoms with Crippen LogP contribution in [-0.2, 0) is 0 Å². The van der Waals surface area contributed by atoms with Gasteiger partial charge in [-0.15, -0.1) is 0 Å². The fourth-order valence-electron chi connectivity index (χ4n) is 3.59. The van der Waals surface area contributed by atoms with Crippen LogP contribution < -0.4 is 0 Å². The van der Waals surface area contributed by atoms with Gasteiger partial charge in [0.05, 0.1) is 16.6 Å². The van der Waals surface area contributed by atoms with Gasteiger partial charge in [-0.1, -0.05) is 54.2 Å². The van der Waals surface area contributed by atoms with Crippen molar-refractivity contribution in [1.29, 1.82) is 0 Å². The van der Waals surface area contributed by atoms with Crippen LogP contribution in [-0.4, -0.2) is 19.9 Å². The summed E-state index contributed by atoms with van der Waals surface area (Å²) in [5.74, 6) is 0.688. The molecule has 4 aromatic rings. The SMILES string of the molecule is Cc1nn(-c2ccc(F)cc2)c2c1C(c1ccc(O)cc1)SC(c1ccccc1)=N2. The number of phenolic OH excluding ortho intramolecular Hbond substituents is 1. The molecule has 1 aromatic heterocycles. The van der Waals surface area contributed by atoms with Crippen molar-refractivity contribution in [2.45, 2.75) is 12.2 Å². The quantitative estimate of drug-likeness (QED) is 0.450. The van der Waals surface area contributed by atoms with Gasteiger partial charge in [-0.05, 0) is 48.9 Å². The first-order valence-electron chi connectivity index (χ1n) is 9.55. The number of halogens is 1. The highest BCUT2D eigenvalue weighted by Crippen LogP contribution is 2.48. The van der Waals surface area contributed by atoms with Crippen molar-refractivity contribution in [2.75, 3.05) is 0 Å². The van der Waals surface area contributed by atoms with Crippen molar-refractivity contribution in [3.05, 3.63) is 107 Å². The average molecular weight is 415 g/mol. The lowest BCUT2D eigenvalue weighted by Gasteiger charge is -2.23. The van der Waals surface area contributed by atoms with Crippen LogP contribution in [0.5, 0.6) is 5.75 Å². The van der Waals surface area contributed by atoms with Crippen molar-refractivity contribution in [3.63, 3.8) is 0 Å². The fraction of sp³-hybridized carbons (Fsp3) is 0.0833. The number of rotatable bonds is 3. The third kappa shape index (κ3) is 3.29. The molecule has 3 aromatic carbocycles. The molecule has 1 unspecified atom stereocenters. The number of aliphatic imine (C=N–C) groups is 1. The molecule has 5 rings (SSSR count). The molecule has 0 aliphatic carbocycles. The molecular formula is C24H18FN3OS. The highest BCUT2D eigenvalue weighted by atomic mass is 32.2. The third-order valence-electron chi connectivity index (χ3n) is 5.07. The lowest BCUT2D eigenvalue weighted by atomic mass is 10.0. The molecule has 0 saturated heterocycles. The van der Waals surface area contributed by atoms with Crippen molar-refractivity contribution < 1.29 is 9.50 Å². The molecule has 4 nitrogen and oxygen atoms in total. The lowest BCUT2D eigenvalue weighted by Crippen LogP contribution is -2.09. The van der Waals surface area contributed by atoms with Gasteiger partial charge in [0.25, 0.3) is 0 Å². The summed E-state index contributed by atoms with van der Waals surface area (Å²) in [4.78, 5) is 4.97. The standard InChI is InChI=1S/C24H18FN3OS/c1-15-21-22(16-7-13-20(29)14-8-16)30-24(17-5-3-2-4-6-17)26-23(21)28(27-15)19-11-9-18(25)10-12-19/h2-14,22,29H,1H3. The average Bonchev–Trinajstić information content (AvgIpc) is 3.11. The van der Waals surface area contributed by atoms with Crippen LogP contribution in [0.15, 0.2) is 83.9 Å². The second-order valence-corrected chi connectivity index (χ2v) is 8.18. The van der Waals surface area contributed by atoms with Gasteiger partial charge in [0.2, 0.25) is 0 Å². The van der Waals surface area contributed by atoms with E-state index in [1.807, 2.05) is 49.4 Å². The molecule has 148 valence electrons. The van der Waals surface area contributed by atoms with Gasteiger partial charge in [-0.2, -0.15) is 5.10 Å². The second kappa shape index (κ2) is 7.46. The minimum Gasteiger partial charge on any atom is -0.508 e. The Balaban J connectivity index is 1.72. The maximum absolute atomic E-state index is 13.5.